The van der Waals surface area contributed by atoms with Crippen molar-refractivity contribution in [3.63, 3.8) is 0 Å². The molecule has 0 saturated carbocycles. The molecule has 0 fully saturated rings. The predicted octanol–water partition coefficient (Wildman–Crippen LogP) is -0.0323. The molecular weight excluding hydrogens is 256 g/mol. The van der Waals surface area contributed by atoms with Crippen LogP contribution in [0.15, 0.2) is 4.90 Å². The number of hydrogen-bond donors (Lipinski definition) is 1. The Morgan fingerprint density at radius 3 is 2.56 bits per heavy atom. The van der Waals surface area contributed by atoms with Crippen molar-refractivity contribution >= 4 is 15.8 Å². The Hall–Kier alpha value is -1.12. The minimum Gasteiger partial charge on any atom is -0.385 e. The third-order valence-electron chi connectivity index (χ3n) is 2.79. The second kappa shape index (κ2) is 5.68. The van der Waals surface area contributed by atoms with Gasteiger partial charge in [-0.05, 0) is 13.3 Å². The van der Waals surface area contributed by atoms with Crippen LogP contribution >= 0.6 is 0 Å². The molecule has 0 spiro atoms. The Morgan fingerprint density at radius 2 is 2.11 bits per heavy atom. The van der Waals surface area contributed by atoms with Crippen molar-refractivity contribution in [2.75, 3.05) is 33.0 Å². The average molecular weight is 276 g/mol. The first-order valence-corrected chi connectivity index (χ1v) is 7.00. The zero-order valence-corrected chi connectivity index (χ0v) is 12.0. The number of methoxy groups -OCH3 is 1. The molecule has 0 radical (unpaired) electrons. The molecule has 0 aromatic carbocycles. The van der Waals surface area contributed by atoms with Crippen LogP contribution in [0.4, 0.5) is 5.82 Å². The lowest BCUT2D eigenvalue weighted by atomic mass is 10.4. The minimum atomic E-state index is -3.59. The topological polar surface area (TPSA) is 90.4 Å². The van der Waals surface area contributed by atoms with E-state index in [1.807, 2.05) is 0 Å². The van der Waals surface area contributed by atoms with Crippen LogP contribution < -0.4 is 5.73 Å². The average Bonchev–Trinajstić information content (AvgIpc) is 2.53. The maximum Gasteiger partial charge on any atom is 0.248 e. The van der Waals surface area contributed by atoms with Gasteiger partial charge in [0.15, 0.2) is 5.82 Å². The summed E-state index contributed by atoms with van der Waals surface area (Å²) < 4.78 is 32.3. The molecule has 7 nitrogen and oxygen atoms in total. The van der Waals surface area contributed by atoms with Gasteiger partial charge in [-0.2, -0.15) is 5.10 Å². The Kier molecular flexibility index (Phi) is 4.71. The highest BCUT2D eigenvalue weighted by Crippen LogP contribution is 2.24. The minimum absolute atomic E-state index is 0.0357. The number of aryl methyl sites for hydroxylation is 1. The van der Waals surface area contributed by atoms with Crippen molar-refractivity contribution in [3.05, 3.63) is 5.69 Å². The Labute approximate surface area is 108 Å². The normalized spacial score (nSPS) is 12.3. The van der Waals surface area contributed by atoms with Gasteiger partial charge in [0.2, 0.25) is 10.0 Å². The lowest BCUT2D eigenvalue weighted by molar-refractivity contribution is 0.189. The van der Waals surface area contributed by atoms with Gasteiger partial charge < -0.3 is 10.5 Å². The zero-order valence-electron chi connectivity index (χ0n) is 11.2. The predicted molar refractivity (Wildman–Crippen MR) is 68.7 cm³/mol. The molecule has 0 aliphatic rings. The van der Waals surface area contributed by atoms with Gasteiger partial charge >= 0.3 is 0 Å². The highest BCUT2D eigenvalue weighted by molar-refractivity contribution is 7.89. The molecular formula is C10H20N4O3S. The van der Waals surface area contributed by atoms with Gasteiger partial charge in [-0.15, -0.1) is 0 Å². The molecule has 1 aromatic rings. The second-order valence-corrected chi connectivity index (χ2v) is 6.08. The van der Waals surface area contributed by atoms with E-state index in [2.05, 4.69) is 5.10 Å². The van der Waals surface area contributed by atoms with Crippen LogP contribution in [0.3, 0.4) is 0 Å². The number of hydrogen-bond acceptors (Lipinski definition) is 5. The number of rotatable bonds is 6. The van der Waals surface area contributed by atoms with Gasteiger partial charge in [0, 0.05) is 34.4 Å². The SMILES string of the molecule is COCCCN(C)S(=O)(=O)c1c(N)nn(C)c1C. The summed E-state index contributed by atoms with van der Waals surface area (Å²) in [5, 5.41) is 3.92. The number of aromatic nitrogens is 2. The van der Waals surface area contributed by atoms with Crippen molar-refractivity contribution < 1.29 is 13.2 Å². The maximum atomic E-state index is 12.3. The summed E-state index contributed by atoms with van der Waals surface area (Å²) in [4.78, 5) is 0.0879. The summed E-state index contributed by atoms with van der Waals surface area (Å²) in [5.74, 6) is 0.0357. The molecule has 0 aliphatic carbocycles. The van der Waals surface area contributed by atoms with Crippen LogP contribution in [0.1, 0.15) is 12.1 Å². The zero-order chi connectivity index (χ0) is 13.9. The first-order chi connectivity index (χ1) is 8.32. The number of nitrogens with two attached hydrogens (primary N) is 1. The van der Waals surface area contributed by atoms with Crippen molar-refractivity contribution in [1.82, 2.24) is 14.1 Å². The quantitative estimate of drug-likeness (QED) is 0.737. The molecule has 18 heavy (non-hydrogen) atoms. The summed E-state index contributed by atoms with van der Waals surface area (Å²) in [6.07, 6.45) is 0.630. The number of sulfonamides is 1. The van der Waals surface area contributed by atoms with E-state index in [1.54, 1.807) is 21.1 Å². The van der Waals surface area contributed by atoms with Gasteiger partial charge in [0.1, 0.15) is 4.90 Å². The molecule has 0 bridgehead atoms. The van der Waals surface area contributed by atoms with E-state index in [9.17, 15) is 8.42 Å². The van der Waals surface area contributed by atoms with E-state index in [0.29, 0.717) is 25.3 Å². The Balaban J connectivity index is 2.99. The molecule has 1 rings (SSSR count). The molecule has 0 atom stereocenters. The van der Waals surface area contributed by atoms with Gasteiger partial charge in [-0.1, -0.05) is 0 Å². The molecule has 0 aliphatic heterocycles. The fourth-order valence-electron chi connectivity index (χ4n) is 1.64. The smallest absolute Gasteiger partial charge is 0.248 e. The van der Waals surface area contributed by atoms with E-state index in [1.165, 1.54) is 16.0 Å². The molecule has 104 valence electrons. The van der Waals surface area contributed by atoms with Crippen LogP contribution in [0.5, 0.6) is 0 Å². The van der Waals surface area contributed by atoms with E-state index in [0.717, 1.165) is 0 Å². The molecule has 0 amide bonds. The molecule has 1 aromatic heterocycles. The third kappa shape index (κ3) is 2.82. The van der Waals surface area contributed by atoms with Crippen LogP contribution in [0.2, 0.25) is 0 Å². The first-order valence-electron chi connectivity index (χ1n) is 5.56. The largest absolute Gasteiger partial charge is 0.385 e. The van der Waals surface area contributed by atoms with E-state index >= 15 is 0 Å². The lowest BCUT2D eigenvalue weighted by Gasteiger charge is -2.16. The van der Waals surface area contributed by atoms with Gasteiger partial charge in [0.05, 0.1) is 5.69 Å². The van der Waals surface area contributed by atoms with Crippen LogP contribution in [0.25, 0.3) is 0 Å². The third-order valence-corrected chi connectivity index (χ3v) is 4.82. The van der Waals surface area contributed by atoms with E-state index in [-0.39, 0.29) is 10.7 Å². The Morgan fingerprint density at radius 1 is 1.50 bits per heavy atom. The summed E-state index contributed by atoms with van der Waals surface area (Å²) in [7, 11) is 1.18. The molecule has 1 heterocycles. The summed E-state index contributed by atoms with van der Waals surface area (Å²) in [6, 6.07) is 0. The van der Waals surface area contributed by atoms with Crippen molar-refractivity contribution in [2.24, 2.45) is 7.05 Å². The molecule has 2 N–H and O–H groups in total. The van der Waals surface area contributed by atoms with Crippen LogP contribution in [-0.4, -0.2) is 49.8 Å². The Bertz CT molecular complexity index is 509. The highest BCUT2D eigenvalue weighted by Gasteiger charge is 2.28. The van der Waals surface area contributed by atoms with Crippen molar-refractivity contribution in [3.8, 4) is 0 Å². The van der Waals surface area contributed by atoms with Crippen LogP contribution in [0, 0.1) is 6.92 Å². The molecule has 0 unspecified atom stereocenters. The standard InChI is InChI=1S/C10H20N4O3S/c1-8-9(10(11)12-14(8)3)18(15,16)13(2)6-5-7-17-4/h5-7H2,1-4H3,(H2,11,12). The van der Waals surface area contributed by atoms with Crippen molar-refractivity contribution in [2.45, 2.75) is 18.2 Å². The van der Waals surface area contributed by atoms with Crippen LogP contribution in [-0.2, 0) is 21.8 Å². The lowest BCUT2D eigenvalue weighted by Crippen LogP contribution is -2.29. The fourth-order valence-corrected chi connectivity index (χ4v) is 3.13. The summed E-state index contributed by atoms with van der Waals surface area (Å²) in [6.45, 7) is 2.57. The summed E-state index contributed by atoms with van der Waals surface area (Å²) in [5.41, 5.74) is 6.19. The number of anilines is 1. The highest BCUT2D eigenvalue weighted by atomic mass is 32.2. The van der Waals surface area contributed by atoms with Gasteiger partial charge in [-0.25, -0.2) is 12.7 Å². The fraction of sp³-hybridized carbons (Fsp3) is 0.700. The van der Waals surface area contributed by atoms with E-state index in [4.69, 9.17) is 10.5 Å². The number of nitrogens with zero attached hydrogens (tertiary/aromatic N) is 3. The monoisotopic (exact) mass is 276 g/mol. The molecule has 0 saturated heterocycles. The van der Waals surface area contributed by atoms with Gasteiger partial charge in [0.25, 0.3) is 0 Å². The molecule has 8 heteroatoms. The van der Waals surface area contributed by atoms with E-state index < -0.39 is 10.0 Å². The van der Waals surface area contributed by atoms with Gasteiger partial charge in [-0.3, -0.25) is 4.68 Å². The summed E-state index contributed by atoms with van der Waals surface area (Å²) >= 11 is 0. The number of nitrogen functional groups attached to an aromatic ring is 1. The maximum absolute atomic E-state index is 12.3. The number of ether oxygens (including phenoxy) is 1. The van der Waals surface area contributed by atoms with Crippen molar-refractivity contribution in [1.29, 1.82) is 0 Å². The first kappa shape index (κ1) is 14.9. The second-order valence-electron chi connectivity index (χ2n) is 4.10.